The first-order chi connectivity index (χ1) is 9.48. The molecule has 0 aromatic carbocycles. The SMILES string of the molecule is O=C(NC1CCCCC1)N(C1CCCCC1)P(=O)(O)O. The molecule has 0 spiro atoms. The lowest BCUT2D eigenvalue weighted by Gasteiger charge is -2.35. The van der Waals surface area contributed by atoms with Gasteiger partial charge in [0.25, 0.3) is 0 Å². The van der Waals surface area contributed by atoms with E-state index in [0.717, 1.165) is 49.6 Å². The number of carbonyl (C=O) groups is 1. The standard InChI is InChI=1S/C13H25N2O4P/c16-13(14-11-7-3-1-4-8-11)15(20(17,18)19)12-9-5-2-6-10-12/h11-12H,1-10H2,(H,14,16)(H2,17,18,19). The van der Waals surface area contributed by atoms with Crippen molar-refractivity contribution < 1.29 is 19.1 Å². The van der Waals surface area contributed by atoms with Crippen LogP contribution >= 0.6 is 7.75 Å². The van der Waals surface area contributed by atoms with E-state index in [-0.39, 0.29) is 12.1 Å². The number of amides is 2. The molecule has 0 unspecified atom stereocenters. The van der Waals surface area contributed by atoms with Crippen molar-refractivity contribution in [1.29, 1.82) is 0 Å². The van der Waals surface area contributed by atoms with Gasteiger partial charge in [-0.25, -0.2) is 14.0 Å². The molecule has 2 aliphatic rings. The molecule has 0 aromatic rings. The third kappa shape index (κ3) is 4.21. The fraction of sp³-hybridized carbons (Fsp3) is 0.923. The molecule has 7 heteroatoms. The maximum absolute atomic E-state index is 12.3. The minimum atomic E-state index is -4.55. The summed E-state index contributed by atoms with van der Waals surface area (Å²) in [5.41, 5.74) is 0. The van der Waals surface area contributed by atoms with E-state index in [0.29, 0.717) is 12.8 Å². The van der Waals surface area contributed by atoms with E-state index in [1.807, 2.05) is 0 Å². The van der Waals surface area contributed by atoms with E-state index >= 15 is 0 Å². The van der Waals surface area contributed by atoms with E-state index in [1.165, 1.54) is 6.42 Å². The normalized spacial score (nSPS) is 22.5. The summed E-state index contributed by atoms with van der Waals surface area (Å²) in [6, 6.07) is -0.848. The molecule has 0 heterocycles. The van der Waals surface area contributed by atoms with Crippen LogP contribution in [0.2, 0.25) is 0 Å². The van der Waals surface area contributed by atoms with Crippen molar-refractivity contribution in [3.63, 3.8) is 0 Å². The molecule has 20 heavy (non-hydrogen) atoms. The van der Waals surface area contributed by atoms with Crippen LogP contribution in [0.5, 0.6) is 0 Å². The molecule has 2 saturated carbocycles. The molecule has 0 saturated heterocycles. The molecule has 2 amide bonds. The maximum Gasteiger partial charge on any atom is 0.434 e. The van der Waals surface area contributed by atoms with Gasteiger partial charge in [-0.2, -0.15) is 0 Å². The summed E-state index contributed by atoms with van der Waals surface area (Å²) in [4.78, 5) is 31.3. The Morgan fingerprint density at radius 3 is 1.95 bits per heavy atom. The van der Waals surface area contributed by atoms with E-state index in [2.05, 4.69) is 5.32 Å². The average molecular weight is 304 g/mol. The molecular formula is C13H25N2O4P. The highest BCUT2D eigenvalue weighted by atomic mass is 31.2. The Kier molecular flexibility index (Phi) is 5.47. The highest BCUT2D eigenvalue weighted by molar-refractivity contribution is 7.50. The van der Waals surface area contributed by atoms with E-state index in [1.54, 1.807) is 0 Å². The van der Waals surface area contributed by atoms with Crippen molar-refractivity contribution in [2.75, 3.05) is 0 Å². The number of hydrogen-bond donors (Lipinski definition) is 3. The summed E-state index contributed by atoms with van der Waals surface area (Å²) in [6.45, 7) is 0. The minimum absolute atomic E-state index is 0.0638. The molecule has 2 aliphatic carbocycles. The third-order valence-corrected chi connectivity index (χ3v) is 5.41. The number of carbonyl (C=O) groups excluding carboxylic acids is 1. The topological polar surface area (TPSA) is 89.9 Å². The quantitative estimate of drug-likeness (QED) is 0.699. The minimum Gasteiger partial charge on any atom is -0.335 e. The van der Waals surface area contributed by atoms with Crippen LogP contribution < -0.4 is 5.32 Å². The number of hydrogen-bond acceptors (Lipinski definition) is 2. The third-order valence-electron chi connectivity index (χ3n) is 4.34. The molecule has 0 aliphatic heterocycles. The highest BCUT2D eigenvalue weighted by Crippen LogP contribution is 2.45. The second-order valence-electron chi connectivity index (χ2n) is 5.93. The Hall–Kier alpha value is -0.580. The van der Waals surface area contributed by atoms with Crippen LogP contribution in [0.1, 0.15) is 64.2 Å². The van der Waals surface area contributed by atoms with Crippen molar-refractivity contribution in [2.45, 2.75) is 76.3 Å². The van der Waals surface area contributed by atoms with Gasteiger partial charge in [-0.3, -0.25) is 0 Å². The molecule has 116 valence electrons. The maximum atomic E-state index is 12.3. The van der Waals surface area contributed by atoms with Crippen LogP contribution in [0, 0.1) is 0 Å². The van der Waals surface area contributed by atoms with Crippen LogP contribution in [0.4, 0.5) is 4.79 Å². The summed E-state index contributed by atoms with van der Waals surface area (Å²) in [5.74, 6) is 0. The van der Waals surface area contributed by atoms with Gasteiger partial charge in [0, 0.05) is 12.1 Å². The van der Waals surface area contributed by atoms with Crippen molar-refractivity contribution in [1.82, 2.24) is 9.99 Å². The number of urea groups is 1. The Morgan fingerprint density at radius 1 is 0.950 bits per heavy atom. The number of rotatable bonds is 3. The van der Waals surface area contributed by atoms with Gasteiger partial charge in [-0.1, -0.05) is 38.5 Å². The molecule has 0 radical (unpaired) electrons. The summed E-state index contributed by atoms with van der Waals surface area (Å²) >= 11 is 0. The average Bonchev–Trinajstić information content (AvgIpc) is 2.39. The summed E-state index contributed by atoms with van der Waals surface area (Å²) < 4.78 is 12.5. The Balaban J connectivity index is 2.01. The predicted molar refractivity (Wildman–Crippen MR) is 76.2 cm³/mol. The Morgan fingerprint density at radius 2 is 1.45 bits per heavy atom. The number of nitrogens with zero attached hydrogens (tertiary/aromatic N) is 1. The van der Waals surface area contributed by atoms with E-state index in [9.17, 15) is 19.1 Å². The van der Waals surface area contributed by atoms with Gasteiger partial charge >= 0.3 is 13.8 Å². The fourth-order valence-electron chi connectivity index (χ4n) is 3.31. The van der Waals surface area contributed by atoms with Gasteiger partial charge in [0.15, 0.2) is 0 Å². The zero-order valence-electron chi connectivity index (χ0n) is 11.8. The molecule has 0 atom stereocenters. The summed E-state index contributed by atoms with van der Waals surface area (Å²) in [6.07, 6.45) is 9.44. The molecule has 0 aromatic heterocycles. The molecular weight excluding hydrogens is 279 g/mol. The second kappa shape index (κ2) is 6.92. The van der Waals surface area contributed by atoms with Crippen LogP contribution in [0.3, 0.4) is 0 Å². The Bertz CT molecular complexity index is 373. The monoisotopic (exact) mass is 304 g/mol. The zero-order chi connectivity index (χ0) is 14.6. The Labute approximate surface area is 120 Å². The van der Waals surface area contributed by atoms with Gasteiger partial charge in [0.05, 0.1) is 0 Å². The van der Waals surface area contributed by atoms with E-state index < -0.39 is 13.8 Å². The van der Waals surface area contributed by atoms with Gasteiger partial charge in [-0.15, -0.1) is 0 Å². The van der Waals surface area contributed by atoms with Gasteiger partial charge in [-0.05, 0) is 25.7 Å². The first-order valence-electron chi connectivity index (χ1n) is 7.64. The van der Waals surface area contributed by atoms with Gasteiger partial charge in [0.1, 0.15) is 0 Å². The predicted octanol–water partition coefficient (Wildman–Crippen LogP) is 2.76. The van der Waals surface area contributed by atoms with Crippen LogP contribution in [0.25, 0.3) is 0 Å². The van der Waals surface area contributed by atoms with Crippen LogP contribution in [-0.4, -0.2) is 32.6 Å². The second-order valence-corrected chi connectivity index (χ2v) is 7.39. The van der Waals surface area contributed by atoms with Crippen molar-refractivity contribution in [3.05, 3.63) is 0 Å². The van der Waals surface area contributed by atoms with Crippen molar-refractivity contribution in [3.8, 4) is 0 Å². The summed E-state index contributed by atoms with van der Waals surface area (Å²) in [7, 11) is -4.55. The van der Waals surface area contributed by atoms with Gasteiger partial charge < -0.3 is 15.1 Å². The largest absolute Gasteiger partial charge is 0.434 e. The lowest BCUT2D eigenvalue weighted by Crippen LogP contribution is -2.48. The molecule has 0 bridgehead atoms. The van der Waals surface area contributed by atoms with Crippen LogP contribution in [0.15, 0.2) is 0 Å². The van der Waals surface area contributed by atoms with Gasteiger partial charge in [0.2, 0.25) is 0 Å². The summed E-state index contributed by atoms with van der Waals surface area (Å²) in [5, 5.41) is 2.82. The van der Waals surface area contributed by atoms with Crippen molar-refractivity contribution in [2.24, 2.45) is 0 Å². The lowest BCUT2D eigenvalue weighted by molar-refractivity contribution is 0.172. The molecule has 6 nitrogen and oxygen atoms in total. The highest BCUT2D eigenvalue weighted by Gasteiger charge is 2.38. The first kappa shape index (κ1) is 15.8. The zero-order valence-corrected chi connectivity index (χ0v) is 12.7. The van der Waals surface area contributed by atoms with Crippen LogP contribution in [-0.2, 0) is 4.57 Å². The smallest absolute Gasteiger partial charge is 0.335 e. The first-order valence-corrected chi connectivity index (χ1v) is 9.21. The lowest BCUT2D eigenvalue weighted by atomic mass is 9.95. The molecule has 3 N–H and O–H groups in total. The number of nitrogens with one attached hydrogen (secondary N) is 1. The van der Waals surface area contributed by atoms with E-state index in [4.69, 9.17) is 0 Å². The molecule has 2 fully saturated rings. The van der Waals surface area contributed by atoms with Crippen molar-refractivity contribution >= 4 is 13.8 Å². The fourth-order valence-corrected chi connectivity index (χ4v) is 4.26. The molecule has 2 rings (SSSR count).